The van der Waals surface area contributed by atoms with Crippen molar-refractivity contribution in [3.8, 4) is 0 Å². The Balaban J connectivity index is 1.21. The topological polar surface area (TPSA) is 144 Å². The predicted octanol–water partition coefficient (Wildman–Crippen LogP) is 2.55. The van der Waals surface area contributed by atoms with E-state index in [1.165, 1.54) is 0 Å². The maximum absolute atomic E-state index is 13.1. The Kier molecular flexibility index (Phi) is 10.0. The number of nitrogens with zero attached hydrogens (tertiary/aromatic N) is 2. The summed E-state index contributed by atoms with van der Waals surface area (Å²) in [4.78, 5) is 52.3. The summed E-state index contributed by atoms with van der Waals surface area (Å²) >= 11 is 0. The first-order chi connectivity index (χ1) is 20.3. The van der Waals surface area contributed by atoms with Crippen LogP contribution in [0.4, 0.5) is 0 Å². The van der Waals surface area contributed by atoms with E-state index in [1.54, 1.807) is 0 Å². The Hall–Kier alpha value is -2.34. The van der Waals surface area contributed by atoms with Gasteiger partial charge in [-0.1, -0.05) is 37.1 Å². The first kappa shape index (κ1) is 31.1. The molecule has 10 heteroatoms. The second-order valence-corrected chi connectivity index (χ2v) is 13.3. The van der Waals surface area contributed by atoms with Gasteiger partial charge >= 0.3 is 23.6 Å². The van der Waals surface area contributed by atoms with Crippen molar-refractivity contribution in [1.82, 2.24) is 10.9 Å². The van der Waals surface area contributed by atoms with Crippen molar-refractivity contribution in [2.24, 2.45) is 35.1 Å². The van der Waals surface area contributed by atoms with Gasteiger partial charge in [0.25, 0.3) is 0 Å². The zero-order valence-corrected chi connectivity index (χ0v) is 25.0. The molecule has 5 rings (SSSR count). The van der Waals surface area contributed by atoms with Gasteiger partial charge < -0.3 is 11.5 Å². The van der Waals surface area contributed by atoms with Crippen molar-refractivity contribution in [1.29, 1.82) is 0 Å². The Labute approximate surface area is 249 Å². The lowest BCUT2D eigenvalue weighted by molar-refractivity contribution is -0.826. The van der Waals surface area contributed by atoms with Crippen LogP contribution in [0, 0.1) is 23.7 Å². The van der Waals surface area contributed by atoms with Crippen molar-refractivity contribution < 1.29 is 28.4 Å². The van der Waals surface area contributed by atoms with Crippen LogP contribution >= 0.6 is 0 Å². The molecule has 1 aromatic carbocycles. The van der Waals surface area contributed by atoms with E-state index < -0.39 is 0 Å². The van der Waals surface area contributed by atoms with Crippen LogP contribution in [0.2, 0.25) is 0 Å². The highest BCUT2D eigenvalue weighted by Gasteiger charge is 2.53. The molecular weight excluding hydrogens is 532 g/mol. The minimum Gasteiger partial charge on any atom is -0.330 e. The molecule has 4 atom stereocenters. The van der Waals surface area contributed by atoms with Crippen LogP contribution in [0.5, 0.6) is 0 Å². The van der Waals surface area contributed by atoms with Crippen LogP contribution < -0.4 is 22.3 Å². The fourth-order valence-corrected chi connectivity index (χ4v) is 7.92. The number of nitrogens with one attached hydrogen (secondary N) is 2. The molecule has 230 valence electrons. The first-order valence-corrected chi connectivity index (χ1v) is 16.2. The van der Waals surface area contributed by atoms with E-state index in [2.05, 4.69) is 10.9 Å². The summed E-state index contributed by atoms with van der Waals surface area (Å²) in [6.45, 7) is 3.13. The number of carbonyl (C=O) groups excluding carboxylic acids is 4. The number of hydrogen-bond donors (Lipinski definition) is 4. The van der Waals surface area contributed by atoms with Crippen LogP contribution in [-0.4, -0.2) is 59.0 Å². The van der Waals surface area contributed by atoms with Crippen molar-refractivity contribution >= 4 is 23.6 Å². The third-order valence-corrected chi connectivity index (χ3v) is 10.5. The molecule has 2 heterocycles. The van der Waals surface area contributed by atoms with E-state index in [-0.39, 0.29) is 58.5 Å². The molecule has 6 N–H and O–H groups in total. The lowest BCUT2D eigenvalue weighted by Gasteiger charge is -2.35. The van der Waals surface area contributed by atoms with Gasteiger partial charge in [-0.3, -0.25) is 0 Å². The number of hydrogen-bond acceptors (Lipinski definition) is 8. The monoisotopic (exact) mass is 582 g/mol. The maximum Gasteiger partial charge on any atom is 0.340 e. The number of rotatable bonds is 12. The van der Waals surface area contributed by atoms with Gasteiger partial charge in [-0.15, -0.1) is 20.0 Å². The van der Waals surface area contributed by atoms with E-state index in [9.17, 15) is 19.2 Å². The van der Waals surface area contributed by atoms with E-state index in [4.69, 9.17) is 11.5 Å². The molecule has 1 aromatic rings. The van der Waals surface area contributed by atoms with Gasteiger partial charge in [-0.2, -0.15) is 0 Å². The molecule has 4 aliphatic rings. The molecule has 0 spiro atoms. The summed E-state index contributed by atoms with van der Waals surface area (Å²) in [5, 5.41) is 0. The second-order valence-electron chi connectivity index (χ2n) is 13.3. The quantitative estimate of drug-likeness (QED) is 0.217. The average Bonchev–Trinajstić information content (AvgIpc) is 3.45. The highest BCUT2D eigenvalue weighted by atomic mass is 16.2. The fraction of sp³-hybridized carbons (Fsp3) is 0.688. The van der Waals surface area contributed by atoms with Crippen molar-refractivity contribution in [2.75, 3.05) is 26.2 Å². The summed E-state index contributed by atoms with van der Waals surface area (Å²) in [6, 6.07) is 7.95. The van der Waals surface area contributed by atoms with E-state index in [1.807, 2.05) is 24.3 Å². The predicted molar refractivity (Wildman–Crippen MR) is 158 cm³/mol. The summed E-state index contributed by atoms with van der Waals surface area (Å²) in [5.41, 5.74) is 20.5. The molecule has 42 heavy (non-hydrogen) atoms. The van der Waals surface area contributed by atoms with E-state index >= 15 is 0 Å². The van der Waals surface area contributed by atoms with Gasteiger partial charge in [0.1, 0.15) is 13.1 Å². The van der Waals surface area contributed by atoms with E-state index in [0.29, 0.717) is 62.9 Å². The standard InChI is InChI=1S/C32H50N6O4/c33-17-25-3-1-5-27(15-25)21-37(29(39)11-12-30(37)40)35-19-23-7-9-24(10-8-23)20-36-38(31(41)13-14-32(38)42)22-28-6-2-4-26(16-28)18-34/h7-10,25-28,35-36H,1-6,11-22,33-34H2/q+2. The Morgan fingerprint density at radius 2 is 0.905 bits per heavy atom. The van der Waals surface area contributed by atoms with Crippen LogP contribution in [0.25, 0.3) is 0 Å². The largest absolute Gasteiger partial charge is 0.340 e. The highest BCUT2D eigenvalue weighted by molar-refractivity contribution is 5.92. The number of imide groups is 2. The molecule has 4 unspecified atom stereocenters. The number of amides is 4. The minimum atomic E-state index is -0.262. The number of carbonyl (C=O) groups is 4. The molecule has 0 aromatic heterocycles. The van der Waals surface area contributed by atoms with Crippen LogP contribution in [0.1, 0.15) is 88.2 Å². The average molecular weight is 583 g/mol. The van der Waals surface area contributed by atoms with Crippen LogP contribution in [0.15, 0.2) is 24.3 Å². The van der Waals surface area contributed by atoms with Crippen molar-refractivity contribution in [3.63, 3.8) is 0 Å². The number of nitrogens with two attached hydrogens (primary N) is 2. The van der Waals surface area contributed by atoms with Gasteiger partial charge in [0.15, 0.2) is 0 Å². The second kappa shape index (κ2) is 13.5. The van der Waals surface area contributed by atoms with E-state index in [0.717, 1.165) is 62.5 Å². The number of benzene rings is 1. The molecular formula is C32H50N6O4+2. The normalized spacial score (nSPS) is 29.4. The molecule has 2 saturated heterocycles. The summed E-state index contributed by atoms with van der Waals surface area (Å²) in [5.74, 6) is 1.38. The summed E-state index contributed by atoms with van der Waals surface area (Å²) < 4.78 is -0.524. The number of quaternary nitrogens is 2. The molecule has 2 aliphatic heterocycles. The molecule has 4 amide bonds. The Morgan fingerprint density at radius 3 is 1.24 bits per heavy atom. The van der Waals surface area contributed by atoms with Gasteiger partial charge in [-0.25, -0.2) is 19.2 Å². The third-order valence-electron chi connectivity index (χ3n) is 10.5. The van der Waals surface area contributed by atoms with Gasteiger partial charge in [0.05, 0.1) is 38.8 Å². The van der Waals surface area contributed by atoms with Gasteiger partial charge in [0.2, 0.25) is 0 Å². The smallest absolute Gasteiger partial charge is 0.330 e. The third kappa shape index (κ3) is 6.59. The lowest BCUT2D eigenvalue weighted by atomic mass is 9.81. The highest BCUT2D eigenvalue weighted by Crippen LogP contribution is 2.34. The fourth-order valence-electron chi connectivity index (χ4n) is 7.92. The molecule has 4 fully saturated rings. The zero-order valence-electron chi connectivity index (χ0n) is 25.0. The SMILES string of the molecule is NCC1CCCC(C[N+]2(NCc3ccc(CN[N+]4(CC5CCCC(CN)C5)C(=O)CCC4=O)cc3)C(=O)CCC2=O)C1. The van der Waals surface area contributed by atoms with Crippen molar-refractivity contribution in [3.05, 3.63) is 35.4 Å². The Bertz CT molecular complexity index is 1030. The minimum absolute atomic E-state index is 0.0413. The molecule has 0 bridgehead atoms. The molecule has 0 radical (unpaired) electrons. The Morgan fingerprint density at radius 1 is 0.571 bits per heavy atom. The molecule has 2 aliphatic carbocycles. The van der Waals surface area contributed by atoms with Crippen LogP contribution in [0.3, 0.4) is 0 Å². The van der Waals surface area contributed by atoms with Crippen LogP contribution in [-0.2, 0) is 32.3 Å². The summed E-state index contributed by atoms with van der Waals surface area (Å²) in [7, 11) is 0. The summed E-state index contributed by atoms with van der Waals surface area (Å²) in [6.07, 6.45) is 9.58. The van der Waals surface area contributed by atoms with Crippen molar-refractivity contribution in [2.45, 2.75) is 90.1 Å². The first-order valence-electron chi connectivity index (χ1n) is 16.2. The number of likely N-dealkylation sites (tertiary alicyclic amines) is 2. The zero-order chi connectivity index (χ0) is 29.7. The lowest BCUT2D eigenvalue weighted by Crippen LogP contribution is -2.63. The van der Waals surface area contributed by atoms with Gasteiger partial charge in [0, 0.05) is 11.8 Å². The molecule has 2 saturated carbocycles. The molecule has 10 nitrogen and oxygen atoms in total. The maximum atomic E-state index is 13.1. The van der Waals surface area contributed by atoms with Gasteiger partial charge in [-0.05, 0) is 74.6 Å².